The van der Waals surface area contributed by atoms with Gasteiger partial charge in [0, 0.05) is 0 Å². The van der Waals surface area contributed by atoms with Gasteiger partial charge in [-0.3, -0.25) is 4.52 Å². The second kappa shape index (κ2) is 12.5. The van der Waals surface area contributed by atoms with Crippen molar-refractivity contribution in [1.82, 2.24) is 0 Å². The normalized spacial score (nSPS) is 14.2. The summed E-state index contributed by atoms with van der Waals surface area (Å²) in [4.78, 5) is 17.4. The predicted octanol–water partition coefficient (Wildman–Crippen LogP) is 6.21. The second-order valence-corrected chi connectivity index (χ2v) is 9.23. The molecule has 23 heavy (non-hydrogen) atoms. The molecular weight excluding hydrogens is 311 g/mol. The Kier molecular flexibility index (Phi) is 12.5. The number of phosphoric ester groups is 1. The third-order valence-electron chi connectivity index (χ3n) is 4.10. The maximum Gasteiger partial charge on any atom is 0.469 e. The van der Waals surface area contributed by atoms with Crippen LogP contribution >= 0.6 is 7.82 Å². The molecule has 0 aromatic heterocycles. The molecule has 0 radical (unpaired) electrons. The highest BCUT2D eigenvalue weighted by Gasteiger charge is 2.18. The fourth-order valence-corrected chi connectivity index (χ4v) is 3.36. The van der Waals surface area contributed by atoms with Gasteiger partial charge < -0.3 is 9.79 Å². The number of rotatable bonds is 14. The number of phosphoric acid groups is 1. The Morgan fingerprint density at radius 1 is 0.826 bits per heavy atom. The largest absolute Gasteiger partial charge is 0.469 e. The van der Waals surface area contributed by atoms with E-state index in [2.05, 4.69) is 25.3 Å². The van der Waals surface area contributed by atoms with Crippen molar-refractivity contribution in [2.45, 2.75) is 111 Å². The third-order valence-corrected chi connectivity index (χ3v) is 4.74. The predicted molar refractivity (Wildman–Crippen MR) is 97.5 cm³/mol. The van der Waals surface area contributed by atoms with Crippen molar-refractivity contribution in [3.05, 3.63) is 0 Å². The fourth-order valence-electron chi connectivity index (χ4n) is 2.79. The lowest BCUT2D eigenvalue weighted by Gasteiger charge is -2.17. The quantitative estimate of drug-likeness (QED) is 0.289. The first-order valence-corrected chi connectivity index (χ1v) is 10.9. The molecule has 0 saturated carbocycles. The van der Waals surface area contributed by atoms with Gasteiger partial charge in [-0.2, -0.15) is 0 Å². The first-order chi connectivity index (χ1) is 10.6. The van der Waals surface area contributed by atoms with E-state index >= 15 is 0 Å². The molecule has 0 bridgehead atoms. The molecule has 0 saturated heterocycles. The Morgan fingerprint density at radius 3 is 1.61 bits per heavy atom. The summed E-state index contributed by atoms with van der Waals surface area (Å²) in [5.41, 5.74) is 0.480. The maximum atomic E-state index is 10.7. The van der Waals surface area contributed by atoms with Crippen molar-refractivity contribution in [1.29, 1.82) is 0 Å². The number of hydrogen-bond donors (Lipinski definition) is 2. The van der Waals surface area contributed by atoms with Gasteiger partial charge in [0.2, 0.25) is 0 Å². The Labute approximate surface area is 143 Å². The van der Waals surface area contributed by atoms with Crippen LogP contribution in [0, 0.1) is 5.41 Å². The van der Waals surface area contributed by atoms with Gasteiger partial charge in [-0.05, 0) is 25.2 Å². The highest BCUT2D eigenvalue weighted by molar-refractivity contribution is 7.46. The average molecular weight is 350 g/mol. The molecule has 4 nitrogen and oxygen atoms in total. The van der Waals surface area contributed by atoms with Crippen molar-refractivity contribution in [2.24, 2.45) is 5.41 Å². The zero-order valence-electron chi connectivity index (χ0n) is 15.7. The van der Waals surface area contributed by atoms with E-state index in [1.54, 1.807) is 6.92 Å². The summed E-state index contributed by atoms with van der Waals surface area (Å²) in [7, 11) is -4.31. The third kappa shape index (κ3) is 20.1. The maximum absolute atomic E-state index is 10.7. The minimum atomic E-state index is -4.31. The molecule has 5 heteroatoms. The van der Waals surface area contributed by atoms with Gasteiger partial charge in [-0.15, -0.1) is 0 Å². The molecule has 2 N–H and O–H groups in total. The summed E-state index contributed by atoms with van der Waals surface area (Å²) < 4.78 is 15.3. The van der Waals surface area contributed by atoms with Crippen LogP contribution in [0.3, 0.4) is 0 Å². The van der Waals surface area contributed by atoms with Gasteiger partial charge in [0.05, 0.1) is 6.10 Å². The van der Waals surface area contributed by atoms with Gasteiger partial charge in [-0.25, -0.2) is 4.57 Å². The summed E-state index contributed by atoms with van der Waals surface area (Å²) in [6, 6.07) is 0. The Hall–Kier alpha value is 0.110. The van der Waals surface area contributed by atoms with E-state index in [1.165, 1.54) is 57.8 Å². The molecule has 0 heterocycles. The highest BCUT2D eigenvalue weighted by atomic mass is 31.2. The molecule has 0 fully saturated rings. The molecule has 0 aliphatic heterocycles. The molecule has 0 rings (SSSR count). The molecule has 1 atom stereocenters. The first kappa shape index (κ1) is 23.1. The van der Waals surface area contributed by atoms with Gasteiger partial charge in [0.15, 0.2) is 0 Å². The summed E-state index contributed by atoms with van der Waals surface area (Å²) in [5.74, 6) is 0. The second-order valence-electron chi connectivity index (χ2n) is 8.04. The lowest BCUT2D eigenvalue weighted by atomic mass is 9.89. The van der Waals surface area contributed by atoms with E-state index in [9.17, 15) is 4.57 Å². The standard InChI is InChI=1S/C18H39O4P/c1-17(22-23(19,20)21)15-13-11-9-7-5-6-8-10-12-14-16-18(2,3)4/h17H,5-16H2,1-4H3,(H2,19,20,21)/t17-/m1/s1. The van der Waals surface area contributed by atoms with Crippen LogP contribution < -0.4 is 0 Å². The minimum Gasteiger partial charge on any atom is -0.303 e. The van der Waals surface area contributed by atoms with Crippen LogP contribution in [-0.4, -0.2) is 15.9 Å². The minimum absolute atomic E-state index is 0.357. The van der Waals surface area contributed by atoms with Crippen LogP contribution in [-0.2, 0) is 9.09 Å². The molecule has 0 aromatic rings. The molecule has 0 spiro atoms. The van der Waals surface area contributed by atoms with E-state index in [0.717, 1.165) is 19.3 Å². The zero-order chi connectivity index (χ0) is 17.8. The van der Waals surface area contributed by atoms with Crippen LogP contribution in [0.25, 0.3) is 0 Å². The van der Waals surface area contributed by atoms with Gasteiger partial charge in [0.25, 0.3) is 0 Å². The molecule has 0 unspecified atom stereocenters. The molecule has 0 aromatic carbocycles. The van der Waals surface area contributed by atoms with Crippen LogP contribution in [0.2, 0.25) is 0 Å². The summed E-state index contributed by atoms with van der Waals surface area (Å²) in [5, 5.41) is 0. The van der Waals surface area contributed by atoms with Gasteiger partial charge in [-0.1, -0.05) is 85.0 Å². The monoisotopic (exact) mass is 350 g/mol. The average Bonchev–Trinajstić information content (AvgIpc) is 2.36. The van der Waals surface area contributed by atoms with E-state index in [1.807, 2.05) is 0 Å². The summed E-state index contributed by atoms with van der Waals surface area (Å²) in [6.45, 7) is 8.66. The van der Waals surface area contributed by atoms with Crippen molar-refractivity contribution < 1.29 is 18.9 Å². The molecule has 0 amide bonds. The van der Waals surface area contributed by atoms with E-state index in [0.29, 0.717) is 5.41 Å². The molecular formula is C18H39O4P. The van der Waals surface area contributed by atoms with E-state index < -0.39 is 7.82 Å². The smallest absolute Gasteiger partial charge is 0.303 e. The van der Waals surface area contributed by atoms with Gasteiger partial charge >= 0.3 is 7.82 Å². The number of unbranched alkanes of at least 4 members (excludes halogenated alkanes) is 9. The lowest BCUT2D eigenvalue weighted by molar-refractivity contribution is 0.136. The van der Waals surface area contributed by atoms with Crippen LogP contribution in [0.4, 0.5) is 0 Å². The van der Waals surface area contributed by atoms with Crippen molar-refractivity contribution >= 4 is 7.82 Å². The molecule has 0 aliphatic rings. The Morgan fingerprint density at radius 2 is 1.22 bits per heavy atom. The Balaban J connectivity index is 3.24. The lowest BCUT2D eigenvalue weighted by Crippen LogP contribution is -2.05. The zero-order valence-corrected chi connectivity index (χ0v) is 16.6. The van der Waals surface area contributed by atoms with Crippen LogP contribution in [0.5, 0.6) is 0 Å². The number of hydrogen-bond acceptors (Lipinski definition) is 2. The van der Waals surface area contributed by atoms with Crippen LogP contribution in [0.15, 0.2) is 0 Å². The van der Waals surface area contributed by atoms with Crippen LogP contribution in [0.1, 0.15) is 105 Å². The SMILES string of the molecule is C[C@H](CCCCCCCCCCCCC(C)(C)C)OP(=O)(O)O. The Bertz CT molecular complexity index is 319. The van der Waals surface area contributed by atoms with Crippen molar-refractivity contribution in [3.8, 4) is 0 Å². The van der Waals surface area contributed by atoms with Crippen molar-refractivity contribution in [3.63, 3.8) is 0 Å². The topological polar surface area (TPSA) is 66.8 Å². The summed E-state index contributed by atoms with van der Waals surface area (Å²) >= 11 is 0. The van der Waals surface area contributed by atoms with Gasteiger partial charge in [0.1, 0.15) is 0 Å². The highest BCUT2D eigenvalue weighted by Crippen LogP contribution is 2.38. The summed E-state index contributed by atoms with van der Waals surface area (Å²) in [6.07, 6.45) is 14.4. The molecule has 0 aliphatic carbocycles. The first-order valence-electron chi connectivity index (χ1n) is 9.34. The fraction of sp³-hybridized carbons (Fsp3) is 1.00. The van der Waals surface area contributed by atoms with E-state index in [-0.39, 0.29) is 6.10 Å². The molecule has 140 valence electrons. The van der Waals surface area contributed by atoms with Crippen molar-refractivity contribution in [2.75, 3.05) is 0 Å². The van der Waals surface area contributed by atoms with E-state index in [4.69, 9.17) is 9.79 Å².